The van der Waals surface area contributed by atoms with Gasteiger partial charge in [-0.2, -0.15) is 0 Å². The molecule has 122 valence electrons. The fourth-order valence-corrected chi connectivity index (χ4v) is 3.98. The largest absolute Gasteiger partial charge is 0.493 e. The Labute approximate surface area is 149 Å². The molecule has 2 aromatic rings. The number of hydrogen-bond acceptors (Lipinski definition) is 3. The lowest BCUT2D eigenvalue weighted by Crippen LogP contribution is -2.38. The number of rotatable bonds is 4. The van der Waals surface area contributed by atoms with E-state index in [-0.39, 0.29) is 0 Å². The van der Waals surface area contributed by atoms with E-state index in [2.05, 4.69) is 15.9 Å². The molecule has 0 spiro atoms. The van der Waals surface area contributed by atoms with Gasteiger partial charge in [0.15, 0.2) is 11.5 Å². The third-order valence-electron chi connectivity index (χ3n) is 4.26. The molecule has 0 amide bonds. The molecule has 23 heavy (non-hydrogen) atoms. The molecule has 0 radical (unpaired) electrons. The van der Waals surface area contributed by atoms with E-state index >= 15 is 0 Å². The predicted octanol–water partition coefficient (Wildman–Crippen LogP) is 4.57. The van der Waals surface area contributed by atoms with Crippen LogP contribution >= 0.6 is 27.5 Å². The Bertz CT molecular complexity index is 702. The highest BCUT2D eigenvalue weighted by Crippen LogP contribution is 2.44. The van der Waals surface area contributed by atoms with Gasteiger partial charge in [0.25, 0.3) is 0 Å². The number of alkyl halides is 1. The molecule has 0 aliphatic carbocycles. The molecule has 1 aliphatic heterocycles. The minimum Gasteiger partial charge on any atom is -0.493 e. The first-order valence-corrected chi connectivity index (χ1v) is 8.86. The van der Waals surface area contributed by atoms with Gasteiger partial charge < -0.3 is 14.2 Å². The quantitative estimate of drug-likeness (QED) is 0.707. The molecule has 0 N–H and O–H groups in total. The lowest BCUT2D eigenvalue weighted by atomic mass is 9.82. The molecule has 2 aromatic carbocycles. The Kier molecular flexibility index (Phi) is 4.85. The van der Waals surface area contributed by atoms with E-state index < -0.39 is 5.60 Å². The van der Waals surface area contributed by atoms with Crippen LogP contribution in [-0.2, 0) is 16.8 Å². The highest BCUT2D eigenvalue weighted by molar-refractivity contribution is 9.09. The molecule has 3 nitrogen and oxygen atoms in total. The summed E-state index contributed by atoms with van der Waals surface area (Å²) in [5.41, 5.74) is 2.81. The number of hydrogen-bond donors (Lipinski definition) is 0. The SMILES string of the molecule is COc1cc2c(cc1OC)[C@](CBr)(c1ccc(Cl)cc1)OCC2. The summed E-state index contributed by atoms with van der Waals surface area (Å²) in [6.45, 7) is 0.650. The maximum atomic E-state index is 6.25. The summed E-state index contributed by atoms with van der Waals surface area (Å²) in [6, 6.07) is 11.9. The lowest BCUT2D eigenvalue weighted by molar-refractivity contribution is -0.00963. The monoisotopic (exact) mass is 396 g/mol. The molecule has 5 heteroatoms. The molecular weight excluding hydrogens is 380 g/mol. The molecule has 0 bridgehead atoms. The van der Waals surface area contributed by atoms with E-state index in [9.17, 15) is 0 Å². The standard InChI is InChI=1S/C18H18BrClO3/c1-21-16-9-12-7-8-23-18(11-19,15(12)10-17(16)22-2)13-3-5-14(20)6-4-13/h3-6,9-10H,7-8,11H2,1-2H3/t18-/m0/s1. The summed E-state index contributed by atoms with van der Waals surface area (Å²) in [6.07, 6.45) is 0.845. The van der Waals surface area contributed by atoms with Crippen molar-refractivity contribution in [1.82, 2.24) is 0 Å². The molecule has 3 rings (SSSR count). The molecule has 0 saturated heterocycles. The van der Waals surface area contributed by atoms with Crippen LogP contribution in [0.15, 0.2) is 36.4 Å². The van der Waals surface area contributed by atoms with Crippen molar-refractivity contribution in [1.29, 1.82) is 0 Å². The first-order valence-electron chi connectivity index (χ1n) is 7.36. The van der Waals surface area contributed by atoms with Crippen LogP contribution in [0.5, 0.6) is 11.5 Å². The predicted molar refractivity (Wildman–Crippen MR) is 95.2 cm³/mol. The average Bonchev–Trinajstić information content (AvgIpc) is 2.60. The summed E-state index contributed by atoms with van der Waals surface area (Å²) in [5, 5.41) is 1.35. The van der Waals surface area contributed by atoms with E-state index in [1.165, 1.54) is 5.56 Å². The van der Waals surface area contributed by atoms with Gasteiger partial charge in [-0.05, 0) is 47.4 Å². The van der Waals surface area contributed by atoms with Crippen molar-refractivity contribution in [2.24, 2.45) is 0 Å². The second kappa shape index (κ2) is 6.71. The number of benzene rings is 2. The second-order valence-electron chi connectivity index (χ2n) is 5.43. The Morgan fingerprint density at radius 2 is 1.78 bits per heavy atom. The van der Waals surface area contributed by atoms with Gasteiger partial charge in [0.05, 0.1) is 20.8 Å². The topological polar surface area (TPSA) is 27.7 Å². The molecule has 1 atom stereocenters. The van der Waals surface area contributed by atoms with Gasteiger partial charge in [-0.25, -0.2) is 0 Å². The van der Waals surface area contributed by atoms with Crippen molar-refractivity contribution in [3.05, 3.63) is 58.1 Å². The zero-order valence-corrected chi connectivity index (χ0v) is 15.4. The summed E-state index contributed by atoms with van der Waals surface area (Å²) in [4.78, 5) is 0. The van der Waals surface area contributed by atoms with Gasteiger partial charge in [-0.3, -0.25) is 0 Å². The molecule has 1 heterocycles. The third-order valence-corrected chi connectivity index (χ3v) is 5.30. The van der Waals surface area contributed by atoms with E-state index in [0.29, 0.717) is 22.7 Å². The fourth-order valence-electron chi connectivity index (χ4n) is 3.06. The van der Waals surface area contributed by atoms with Crippen molar-refractivity contribution in [3.8, 4) is 11.5 Å². The lowest BCUT2D eigenvalue weighted by Gasteiger charge is -2.39. The first kappa shape index (κ1) is 16.6. The van der Waals surface area contributed by atoms with Gasteiger partial charge in [0.1, 0.15) is 5.60 Å². The zero-order chi connectivity index (χ0) is 16.4. The maximum absolute atomic E-state index is 6.25. The highest BCUT2D eigenvalue weighted by atomic mass is 79.9. The number of fused-ring (bicyclic) bond motifs is 1. The van der Waals surface area contributed by atoms with Crippen LogP contribution in [0.2, 0.25) is 5.02 Å². The first-order chi connectivity index (χ1) is 11.1. The van der Waals surface area contributed by atoms with Crippen molar-refractivity contribution >= 4 is 27.5 Å². The Balaban J connectivity index is 2.20. The molecule has 0 saturated carbocycles. The number of halogens is 2. The summed E-state index contributed by atoms with van der Waals surface area (Å²) >= 11 is 9.68. The van der Waals surface area contributed by atoms with Crippen molar-refractivity contribution in [3.63, 3.8) is 0 Å². The minimum atomic E-state index is -0.558. The zero-order valence-electron chi connectivity index (χ0n) is 13.1. The molecule has 0 unspecified atom stereocenters. The van der Waals surface area contributed by atoms with Crippen LogP contribution in [0.3, 0.4) is 0 Å². The van der Waals surface area contributed by atoms with Crippen LogP contribution in [0, 0.1) is 0 Å². The molecule has 0 fully saturated rings. The van der Waals surface area contributed by atoms with Crippen LogP contribution in [-0.4, -0.2) is 26.2 Å². The fraction of sp³-hybridized carbons (Fsp3) is 0.333. The van der Waals surface area contributed by atoms with Gasteiger partial charge >= 0.3 is 0 Å². The smallest absolute Gasteiger partial charge is 0.161 e. The average molecular weight is 398 g/mol. The molecule has 0 aromatic heterocycles. The normalized spacial score (nSPS) is 20.0. The Hall–Kier alpha value is -1.23. The highest BCUT2D eigenvalue weighted by Gasteiger charge is 2.39. The van der Waals surface area contributed by atoms with E-state index in [1.807, 2.05) is 36.4 Å². The second-order valence-corrected chi connectivity index (χ2v) is 6.43. The van der Waals surface area contributed by atoms with Gasteiger partial charge in [0, 0.05) is 10.4 Å². The number of ether oxygens (including phenoxy) is 3. The van der Waals surface area contributed by atoms with E-state index in [0.717, 1.165) is 23.3 Å². The van der Waals surface area contributed by atoms with Crippen molar-refractivity contribution in [2.45, 2.75) is 12.0 Å². The van der Waals surface area contributed by atoms with E-state index in [1.54, 1.807) is 14.2 Å². The minimum absolute atomic E-state index is 0.558. The van der Waals surface area contributed by atoms with Crippen LogP contribution < -0.4 is 9.47 Å². The van der Waals surface area contributed by atoms with Crippen LogP contribution in [0.1, 0.15) is 16.7 Å². The van der Waals surface area contributed by atoms with Crippen LogP contribution in [0.4, 0.5) is 0 Å². The molecule has 1 aliphatic rings. The van der Waals surface area contributed by atoms with Gasteiger partial charge in [0.2, 0.25) is 0 Å². The number of methoxy groups -OCH3 is 2. The Morgan fingerprint density at radius 3 is 2.39 bits per heavy atom. The maximum Gasteiger partial charge on any atom is 0.161 e. The Morgan fingerprint density at radius 1 is 1.13 bits per heavy atom. The van der Waals surface area contributed by atoms with Crippen molar-refractivity contribution in [2.75, 3.05) is 26.2 Å². The van der Waals surface area contributed by atoms with E-state index in [4.69, 9.17) is 25.8 Å². The van der Waals surface area contributed by atoms with Gasteiger partial charge in [-0.15, -0.1) is 0 Å². The summed E-state index contributed by atoms with van der Waals surface area (Å²) in [7, 11) is 3.30. The van der Waals surface area contributed by atoms with Crippen molar-refractivity contribution < 1.29 is 14.2 Å². The van der Waals surface area contributed by atoms with Gasteiger partial charge in [-0.1, -0.05) is 39.7 Å². The summed E-state index contributed by atoms with van der Waals surface area (Å²) < 4.78 is 17.2. The van der Waals surface area contributed by atoms with Crippen LogP contribution in [0.25, 0.3) is 0 Å². The third kappa shape index (κ3) is 2.84. The summed E-state index contributed by atoms with van der Waals surface area (Å²) in [5.74, 6) is 1.45. The molecular formula is C18H18BrClO3.